The Kier molecular flexibility index (Phi) is 7.61. The first-order chi connectivity index (χ1) is 15.2. The second-order valence-electron chi connectivity index (χ2n) is 7.76. The number of benzene rings is 3. The lowest BCUT2D eigenvalue weighted by molar-refractivity contribution is -0.0500. The predicted molar refractivity (Wildman–Crippen MR) is 119 cm³/mol. The fourth-order valence-electron chi connectivity index (χ4n) is 3.68. The van der Waals surface area contributed by atoms with E-state index in [-0.39, 0.29) is 11.7 Å². The molecule has 7 heteroatoms. The summed E-state index contributed by atoms with van der Waals surface area (Å²) < 4.78 is 64.1. The van der Waals surface area contributed by atoms with E-state index in [0.717, 1.165) is 24.8 Å². The molecule has 0 aliphatic rings. The highest BCUT2D eigenvalue weighted by Crippen LogP contribution is 2.30. The molecule has 1 unspecified atom stereocenters. The maximum absolute atomic E-state index is 12.5. The summed E-state index contributed by atoms with van der Waals surface area (Å²) in [7, 11) is -5.67. The first kappa shape index (κ1) is 23.9. The molecule has 170 valence electrons. The minimum Gasteiger partial charge on any atom is -0.376 e. The van der Waals surface area contributed by atoms with Crippen LogP contribution in [0.25, 0.3) is 0 Å². The highest BCUT2D eigenvalue weighted by molar-refractivity contribution is 7.88. The van der Waals surface area contributed by atoms with Gasteiger partial charge in [-0.15, -0.1) is 0 Å². The third kappa shape index (κ3) is 6.36. The summed E-state index contributed by atoms with van der Waals surface area (Å²) >= 11 is 0. The molecular formula is C25H25F3O3S. The van der Waals surface area contributed by atoms with Crippen molar-refractivity contribution in [2.45, 2.75) is 44.0 Å². The monoisotopic (exact) mass is 462 g/mol. The lowest BCUT2D eigenvalue weighted by Crippen LogP contribution is -2.28. The second-order valence-corrected chi connectivity index (χ2v) is 9.30. The van der Waals surface area contributed by atoms with Gasteiger partial charge >= 0.3 is 15.6 Å². The molecule has 3 nitrogen and oxygen atoms in total. The Balaban J connectivity index is 1.69. The number of halogens is 3. The summed E-state index contributed by atoms with van der Waals surface area (Å²) in [5.41, 5.74) is -0.773. The smallest absolute Gasteiger partial charge is 0.376 e. The van der Waals surface area contributed by atoms with E-state index in [2.05, 4.69) is 35.4 Å². The fourth-order valence-corrected chi connectivity index (χ4v) is 4.14. The molecule has 32 heavy (non-hydrogen) atoms. The second kappa shape index (κ2) is 10.2. The SMILES string of the molecule is Cc1ccccc1CCCC(Cc1ccc(OS(=O)(=O)C(F)(F)F)cc1)c1ccccc1. The maximum atomic E-state index is 12.5. The summed E-state index contributed by atoms with van der Waals surface area (Å²) in [6.45, 7) is 2.10. The van der Waals surface area contributed by atoms with Crippen molar-refractivity contribution in [3.05, 3.63) is 101 Å². The normalized spacial score (nSPS) is 13.0. The van der Waals surface area contributed by atoms with Gasteiger partial charge in [0.25, 0.3) is 0 Å². The van der Waals surface area contributed by atoms with Gasteiger partial charge in [-0.2, -0.15) is 21.6 Å². The average Bonchev–Trinajstić information content (AvgIpc) is 2.75. The van der Waals surface area contributed by atoms with Gasteiger partial charge in [-0.3, -0.25) is 0 Å². The van der Waals surface area contributed by atoms with Crippen LogP contribution in [-0.4, -0.2) is 13.9 Å². The zero-order valence-corrected chi connectivity index (χ0v) is 18.5. The largest absolute Gasteiger partial charge is 0.534 e. The minimum atomic E-state index is -5.67. The Bertz CT molecular complexity index is 1110. The Morgan fingerprint density at radius 1 is 0.875 bits per heavy atom. The highest BCUT2D eigenvalue weighted by atomic mass is 32.2. The molecule has 3 aromatic rings. The first-order valence-corrected chi connectivity index (χ1v) is 11.8. The summed E-state index contributed by atoms with van der Waals surface area (Å²) in [6, 6.07) is 24.1. The molecule has 1 atom stereocenters. The van der Waals surface area contributed by atoms with Crippen LogP contribution in [0.4, 0.5) is 13.2 Å². The van der Waals surface area contributed by atoms with E-state index < -0.39 is 15.6 Å². The van der Waals surface area contributed by atoms with Crippen molar-refractivity contribution < 1.29 is 25.8 Å². The standard InChI is InChI=1S/C25H25F3O3S/c1-19-8-5-6-9-21(19)12-7-13-23(22-10-3-2-4-11-22)18-20-14-16-24(17-15-20)31-32(29,30)25(26,27)28/h2-6,8-11,14-17,23H,7,12-13,18H2,1H3. The molecule has 0 saturated carbocycles. The molecule has 0 N–H and O–H groups in total. The molecule has 0 amide bonds. The van der Waals surface area contributed by atoms with Crippen molar-refractivity contribution in [1.29, 1.82) is 0 Å². The van der Waals surface area contributed by atoms with Gasteiger partial charge < -0.3 is 4.18 Å². The van der Waals surface area contributed by atoms with Crippen LogP contribution in [0, 0.1) is 6.92 Å². The van der Waals surface area contributed by atoms with E-state index in [4.69, 9.17) is 0 Å². The molecule has 0 saturated heterocycles. The topological polar surface area (TPSA) is 43.4 Å². The number of hydrogen-bond acceptors (Lipinski definition) is 3. The molecule has 0 fully saturated rings. The van der Waals surface area contributed by atoms with Crippen LogP contribution in [0.3, 0.4) is 0 Å². The van der Waals surface area contributed by atoms with E-state index >= 15 is 0 Å². The Hall–Kier alpha value is -2.80. The van der Waals surface area contributed by atoms with E-state index in [1.807, 2.05) is 30.3 Å². The molecule has 0 aliphatic heterocycles. The quantitative estimate of drug-likeness (QED) is 0.267. The van der Waals surface area contributed by atoms with Gasteiger partial charge in [0.1, 0.15) is 5.75 Å². The lowest BCUT2D eigenvalue weighted by Gasteiger charge is -2.18. The third-order valence-electron chi connectivity index (χ3n) is 5.43. The zero-order chi connectivity index (χ0) is 23.2. The van der Waals surface area contributed by atoms with Crippen LogP contribution < -0.4 is 4.18 Å². The number of alkyl halides is 3. The molecule has 0 radical (unpaired) electrons. The van der Waals surface area contributed by atoms with E-state index in [9.17, 15) is 21.6 Å². The van der Waals surface area contributed by atoms with Gasteiger partial charge in [0.15, 0.2) is 0 Å². The molecule has 0 aliphatic carbocycles. The van der Waals surface area contributed by atoms with Gasteiger partial charge in [-0.1, -0.05) is 66.7 Å². The van der Waals surface area contributed by atoms with Crippen LogP contribution in [0.5, 0.6) is 5.75 Å². The fraction of sp³-hybridized carbons (Fsp3) is 0.280. The molecule has 0 spiro atoms. The van der Waals surface area contributed by atoms with Crippen LogP contribution in [0.2, 0.25) is 0 Å². The van der Waals surface area contributed by atoms with Gasteiger partial charge in [0, 0.05) is 0 Å². The van der Waals surface area contributed by atoms with Gasteiger partial charge in [-0.25, -0.2) is 0 Å². The van der Waals surface area contributed by atoms with Crippen LogP contribution in [-0.2, 0) is 23.0 Å². The van der Waals surface area contributed by atoms with Crippen LogP contribution >= 0.6 is 0 Å². The van der Waals surface area contributed by atoms with E-state index in [1.165, 1.54) is 28.8 Å². The third-order valence-corrected chi connectivity index (χ3v) is 6.40. The van der Waals surface area contributed by atoms with Gasteiger partial charge in [-0.05, 0) is 72.9 Å². The van der Waals surface area contributed by atoms with Gasteiger partial charge in [0.2, 0.25) is 0 Å². The minimum absolute atomic E-state index is 0.228. The average molecular weight is 463 g/mol. The van der Waals surface area contributed by atoms with Crippen molar-refractivity contribution in [2.75, 3.05) is 0 Å². The highest BCUT2D eigenvalue weighted by Gasteiger charge is 2.48. The first-order valence-electron chi connectivity index (χ1n) is 10.3. The summed E-state index contributed by atoms with van der Waals surface area (Å²) in [5, 5.41) is 0. The van der Waals surface area contributed by atoms with Crippen LogP contribution in [0.1, 0.15) is 41.0 Å². The van der Waals surface area contributed by atoms with Crippen molar-refractivity contribution in [1.82, 2.24) is 0 Å². The Morgan fingerprint density at radius 3 is 2.12 bits per heavy atom. The predicted octanol–water partition coefficient (Wildman–Crippen LogP) is 6.57. The van der Waals surface area contributed by atoms with Crippen LogP contribution in [0.15, 0.2) is 78.9 Å². The Morgan fingerprint density at radius 2 is 1.50 bits per heavy atom. The molecule has 3 aromatic carbocycles. The van der Waals surface area contributed by atoms with E-state index in [0.29, 0.717) is 6.42 Å². The van der Waals surface area contributed by atoms with Crippen molar-refractivity contribution in [2.24, 2.45) is 0 Å². The maximum Gasteiger partial charge on any atom is 0.534 e. The molecule has 0 aromatic heterocycles. The van der Waals surface area contributed by atoms with E-state index in [1.54, 1.807) is 12.1 Å². The lowest BCUT2D eigenvalue weighted by atomic mass is 9.87. The van der Waals surface area contributed by atoms with Gasteiger partial charge in [0.05, 0.1) is 0 Å². The zero-order valence-electron chi connectivity index (χ0n) is 17.7. The summed E-state index contributed by atoms with van der Waals surface area (Å²) in [6.07, 6.45) is 3.59. The van der Waals surface area contributed by atoms with Crippen molar-refractivity contribution >= 4 is 10.1 Å². The molecule has 3 rings (SSSR count). The summed E-state index contributed by atoms with van der Waals surface area (Å²) in [5.74, 6) is -0.132. The molecule has 0 bridgehead atoms. The number of aryl methyl sites for hydroxylation is 2. The molecule has 0 heterocycles. The summed E-state index contributed by atoms with van der Waals surface area (Å²) in [4.78, 5) is 0. The Labute approximate surface area is 187 Å². The van der Waals surface area contributed by atoms with Crippen molar-refractivity contribution in [3.63, 3.8) is 0 Å². The molecular weight excluding hydrogens is 437 g/mol. The van der Waals surface area contributed by atoms with Crippen molar-refractivity contribution in [3.8, 4) is 5.75 Å². The number of rotatable bonds is 9. The number of hydrogen-bond donors (Lipinski definition) is 0.